The van der Waals surface area contributed by atoms with Crippen molar-refractivity contribution in [2.75, 3.05) is 0 Å². The number of rotatable bonds is 1. The van der Waals surface area contributed by atoms with Crippen LogP contribution in [0.1, 0.15) is 16.7 Å². The molecule has 0 aromatic heterocycles. The molecule has 0 bridgehead atoms. The second-order valence-corrected chi connectivity index (χ2v) is 4.02. The van der Waals surface area contributed by atoms with Crippen molar-refractivity contribution in [2.45, 2.75) is 13.8 Å². The van der Waals surface area contributed by atoms with Crippen LogP contribution in [-0.4, -0.2) is 0 Å². The summed E-state index contributed by atoms with van der Waals surface area (Å²) < 4.78 is 1.03. The predicted octanol–water partition coefficient (Wildman–Crippen LogP) is 3.50. The standard InChI is InChI=1S/C12H9BrN2/c1-8-9(2)12(13)4-3-11(8)5-10(6-14)7-15/h3-5H,1-2H3. The van der Waals surface area contributed by atoms with Gasteiger partial charge in [-0.2, -0.15) is 10.5 Å². The molecule has 0 atom stereocenters. The highest BCUT2D eigenvalue weighted by Gasteiger charge is 2.03. The Bertz CT molecular complexity index is 486. The molecule has 1 rings (SSSR count). The molecule has 74 valence electrons. The molecule has 0 N–H and O–H groups in total. The van der Waals surface area contributed by atoms with Crippen LogP contribution in [0.5, 0.6) is 0 Å². The van der Waals surface area contributed by atoms with Gasteiger partial charge in [0.1, 0.15) is 17.7 Å². The zero-order chi connectivity index (χ0) is 11.4. The van der Waals surface area contributed by atoms with E-state index in [1.165, 1.54) is 0 Å². The van der Waals surface area contributed by atoms with Crippen LogP contribution in [0, 0.1) is 36.5 Å². The van der Waals surface area contributed by atoms with E-state index in [1.54, 1.807) is 6.08 Å². The van der Waals surface area contributed by atoms with Crippen LogP contribution in [0.3, 0.4) is 0 Å². The highest BCUT2D eigenvalue weighted by molar-refractivity contribution is 9.10. The fraction of sp³-hybridized carbons (Fsp3) is 0.167. The third kappa shape index (κ3) is 2.46. The summed E-state index contributed by atoms with van der Waals surface area (Å²) in [5, 5.41) is 17.3. The van der Waals surface area contributed by atoms with Crippen molar-refractivity contribution in [1.82, 2.24) is 0 Å². The smallest absolute Gasteiger partial charge is 0.130 e. The molecule has 1 aromatic carbocycles. The van der Waals surface area contributed by atoms with Crippen molar-refractivity contribution in [3.63, 3.8) is 0 Å². The molecule has 0 aliphatic rings. The van der Waals surface area contributed by atoms with Gasteiger partial charge in [-0.15, -0.1) is 0 Å². The number of benzene rings is 1. The minimum absolute atomic E-state index is 0.125. The first-order valence-corrected chi connectivity index (χ1v) is 5.17. The highest BCUT2D eigenvalue weighted by Crippen LogP contribution is 2.23. The van der Waals surface area contributed by atoms with E-state index in [9.17, 15) is 0 Å². The maximum atomic E-state index is 8.65. The Kier molecular flexibility index (Phi) is 3.66. The Morgan fingerprint density at radius 3 is 2.33 bits per heavy atom. The van der Waals surface area contributed by atoms with E-state index in [0.29, 0.717) is 0 Å². The summed E-state index contributed by atoms with van der Waals surface area (Å²) in [7, 11) is 0. The van der Waals surface area contributed by atoms with Gasteiger partial charge in [0.05, 0.1) is 0 Å². The lowest BCUT2D eigenvalue weighted by Crippen LogP contribution is -1.88. The van der Waals surface area contributed by atoms with Crippen molar-refractivity contribution in [1.29, 1.82) is 10.5 Å². The van der Waals surface area contributed by atoms with E-state index in [2.05, 4.69) is 15.9 Å². The molecule has 0 heterocycles. The number of nitriles is 2. The monoisotopic (exact) mass is 260 g/mol. The lowest BCUT2D eigenvalue weighted by atomic mass is 10.0. The summed E-state index contributed by atoms with van der Waals surface area (Å²) in [4.78, 5) is 0. The van der Waals surface area contributed by atoms with Gasteiger partial charge < -0.3 is 0 Å². The lowest BCUT2D eigenvalue weighted by Gasteiger charge is -2.06. The van der Waals surface area contributed by atoms with Crippen LogP contribution in [-0.2, 0) is 0 Å². The second kappa shape index (κ2) is 4.77. The van der Waals surface area contributed by atoms with Crippen molar-refractivity contribution >= 4 is 22.0 Å². The Labute approximate surface area is 97.6 Å². The van der Waals surface area contributed by atoms with Gasteiger partial charge in [0.2, 0.25) is 0 Å². The number of halogens is 1. The first-order chi connectivity index (χ1) is 7.10. The highest BCUT2D eigenvalue weighted by atomic mass is 79.9. The van der Waals surface area contributed by atoms with Gasteiger partial charge in [0.15, 0.2) is 0 Å². The van der Waals surface area contributed by atoms with Crippen LogP contribution in [0.2, 0.25) is 0 Å². The van der Waals surface area contributed by atoms with Crippen molar-refractivity contribution in [3.05, 3.63) is 38.9 Å². The largest absolute Gasteiger partial charge is 0.192 e. The molecule has 0 spiro atoms. The molecule has 0 saturated heterocycles. The minimum Gasteiger partial charge on any atom is -0.192 e. The first-order valence-electron chi connectivity index (χ1n) is 4.37. The molecule has 15 heavy (non-hydrogen) atoms. The van der Waals surface area contributed by atoms with Gasteiger partial charge >= 0.3 is 0 Å². The molecule has 0 aliphatic carbocycles. The van der Waals surface area contributed by atoms with Crippen LogP contribution in [0.25, 0.3) is 6.08 Å². The molecular formula is C12H9BrN2. The summed E-state index contributed by atoms with van der Waals surface area (Å²) >= 11 is 3.43. The van der Waals surface area contributed by atoms with Crippen LogP contribution in [0.15, 0.2) is 22.2 Å². The number of hydrogen-bond donors (Lipinski definition) is 0. The van der Waals surface area contributed by atoms with E-state index >= 15 is 0 Å². The quantitative estimate of drug-likeness (QED) is 0.726. The maximum absolute atomic E-state index is 8.65. The predicted molar refractivity (Wildman–Crippen MR) is 62.8 cm³/mol. The first kappa shape index (κ1) is 11.5. The third-order valence-electron chi connectivity index (χ3n) is 2.30. The Hall–Kier alpha value is -1.58. The van der Waals surface area contributed by atoms with Gasteiger partial charge in [-0.3, -0.25) is 0 Å². The molecule has 0 fully saturated rings. The summed E-state index contributed by atoms with van der Waals surface area (Å²) in [6.07, 6.45) is 1.61. The Morgan fingerprint density at radius 2 is 1.80 bits per heavy atom. The molecule has 0 radical (unpaired) electrons. The molecule has 2 nitrogen and oxygen atoms in total. The number of hydrogen-bond acceptors (Lipinski definition) is 2. The zero-order valence-electron chi connectivity index (χ0n) is 8.50. The van der Waals surface area contributed by atoms with Gasteiger partial charge in [-0.1, -0.05) is 22.0 Å². The van der Waals surface area contributed by atoms with Gasteiger partial charge in [-0.25, -0.2) is 0 Å². The average molecular weight is 261 g/mol. The van der Waals surface area contributed by atoms with Crippen LogP contribution < -0.4 is 0 Å². The molecule has 0 saturated carbocycles. The van der Waals surface area contributed by atoms with E-state index in [4.69, 9.17) is 10.5 Å². The van der Waals surface area contributed by atoms with Crippen molar-refractivity contribution in [2.24, 2.45) is 0 Å². The summed E-state index contributed by atoms with van der Waals surface area (Å²) in [5.41, 5.74) is 3.24. The van der Waals surface area contributed by atoms with E-state index in [0.717, 1.165) is 21.2 Å². The van der Waals surface area contributed by atoms with Crippen LogP contribution in [0.4, 0.5) is 0 Å². The summed E-state index contributed by atoms with van der Waals surface area (Å²) in [6.45, 7) is 3.97. The van der Waals surface area contributed by atoms with E-state index < -0.39 is 0 Å². The van der Waals surface area contributed by atoms with Crippen molar-refractivity contribution < 1.29 is 0 Å². The number of nitrogens with zero attached hydrogens (tertiary/aromatic N) is 2. The maximum Gasteiger partial charge on any atom is 0.130 e. The molecule has 0 unspecified atom stereocenters. The molecule has 1 aromatic rings. The van der Waals surface area contributed by atoms with Crippen LogP contribution >= 0.6 is 15.9 Å². The zero-order valence-corrected chi connectivity index (χ0v) is 10.1. The fourth-order valence-electron chi connectivity index (χ4n) is 1.21. The van der Waals surface area contributed by atoms with Crippen molar-refractivity contribution in [3.8, 4) is 12.1 Å². The van der Waals surface area contributed by atoms with Gasteiger partial charge in [-0.05, 0) is 42.7 Å². The fourth-order valence-corrected chi connectivity index (χ4v) is 1.64. The molecule has 0 amide bonds. The third-order valence-corrected chi connectivity index (χ3v) is 3.16. The summed E-state index contributed by atoms with van der Waals surface area (Å²) in [5.74, 6) is 0. The topological polar surface area (TPSA) is 47.6 Å². The Morgan fingerprint density at radius 1 is 1.20 bits per heavy atom. The SMILES string of the molecule is Cc1c(Br)ccc(C=C(C#N)C#N)c1C. The van der Waals surface area contributed by atoms with Gasteiger partial charge in [0, 0.05) is 4.47 Å². The van der Waals surface area contributed by atoms with E-state index in [1.807, 2.05) is 38.1 Å². The average Bonchev–Trinajstić information content (AvgIpc) is 2.25. The van der Waals surface area contributed by atoms with E-state index in [-0.39, 0.29) is 5.57 Å². The molecular weight excluding hydrogens is 252 g/mol. The summed E-state index contributed by atoms with van der Waals surface area (Å²) in [6, 6.07) is 7.51. The molecule has 0 aliphatic heterocycles. The second-order valence-electron chi connectivity index (χ2n) is 3.17. The normalized spacial score (nSPS) is 8.87. The lowest BCUT2D eigenvalue weighted by molar-refractivity contribution is 1.30. The van der Waals surface area contributed by atoms with Gasteiger partial charge in [0.25, 0.3) is 0 Å². The number of allylic oxidation sites excluding steroid dienone is 1. The minimum atomic E-state index is 0.125. The Balaban J connectivity index is 3.32. The molecule has 3 heteroatoms.